The molecule has 0 heterocycles. The number of benzene rings is 4. The van der Waals surface area contributed by atoms with Crippen LogP contribution in [0.4, 0.5) is 11.4 Å². The van der Waals surface area contributed by atoms with Crippen molar-refractivity contribution in [1.82, 2.24) is 4.90 Å². The second-order valence-electron chi connectivity index (χ2n) is 9.69. The van der Waals surface area contributed by atoms with Gasteiger partial charge in [-0.15, -0.1) is 0 Å². The van der Waals surface area contributed by atoms with Gasteiger partial charge in [0, 0.05) is 19.2 Å². The number of rotatable bonds is 11. The maximum atomic E-state index is 14.1. The predicted molar refractivity (Wildman–Crippen MR) is 162 cm³/mol. The Morgan fingerprint density at radius 1 is 0.860 bits per heavy atom. The number of nitrogens with two attached hydrogens (primary N) is 1. The van der Waals surface area contributed by atoms with Crippen LogP contribution in [0.15, 0.2) is 95.9 Å². The normalized spacial score (nSPS) is 12.0. The van der Waals surface area contributed by atoms with Crippen LogP contribution in [0.5, 0.6) is 0 Å². The number of primary amides is 1. The predicted octanol–water partition coefficient (Wildman–Crippen LogP) is 4.30. The zero-order valence-corrected chi connectivity index (χ0v) is 24.4. The van der Waals surface area contributed by atoms with Crippen LogP contribution in [-0.4, -0.2) is 49.1 Å². The van der Waals surface area contributed by atoms with Crippen molar-refractivity contribution in [2.45, 2.75) is 25.2 Å². The lowest BCUT2D eigenvalue weighted by Gasteiger charge is -2.24. The van der Waals surface area contributed by atoms with Crippen LogP contribution in [0.2, 0.25) is 0 Å². The Hall–Kier alpha value is -5.10. The molecule has 1 unspecified atom stereocenters. The molecule has 0 aliphatic heterocycles. The van der Waals surface area contributed by atoms with E-state index >= 15 is 0 Å². The number of nitrogens with zero attached hydrogens (tertiary/aromatic N) is 3. The largest absolute Gasteiger partial charge is 0.369 e. The molecule has 222 valence electrons. The highest BCUT2D eigenvalue weighted by molar-refractivity contribution is 7.93. The molecule has 3 amide bonds. The molecular weight excluding hydrogens is 572 g/mol. The molecule has 4 aromatic carbocycles. The van der Waals surface area contributed by atoms with Crippen molar-refractivity contribution < 1.29 is 27.7 Å². The molecule has 0 saturated heterocycles. The summed E-state index contributed by atoms with van der Waals surface area (Å²) in [6, 6.07) is 22.2. The Morgan fingerprint density at radius 3 is 2.07 bits per heavy atom. The third-order valence-corrected chi connectivity index (χ3v) is 8.81. The molecule has 0 radical (unpaired) electrons. The number of para-hydroxylation sites is 1. The summed E-state index contributed by atoms with van der Waals surface area (Å²) >= 11 is 0. The summed E-state index contributed by atoms with van der Waals surface area (Å²) in [4.78, 5) is 51.2. The van der Waals surface area contributed by atoms with Crippen LogP contribution in [0.3, 0.4) is 0 Å². The maximum Gasteiger partial charge on any atom is 0.282 e. The summed E-state index contributed by atoms with van der Waals surface area (Å²) < 4.78 is 28.7. The summed E-state index contributed by atoms with van der Waals surface area (Å²) in [5.74, 6) is -3.49. The minimum Gasteiger partial charge on any atom is -0.369 e. The van der Waals surface area contributed by atoms with E-state index in [4.69, 9.17) is 5.73 Å². The van der Waals surface area contributed by atoms with Gasteiger partial charge in [-0.3, -0.25) is 24.5 Å². The first-order chi connectivity index (χ1) is 20.5. The molecule has 0 aromatic heterocycles. The quantitative estimate of drug-likeness (QED) is 0.152. The number of hydrogen-bond acceptors (Lipinski definition) is 7. The summed E-state index contributed by atoms with van der Waals surface area (Å²) in [7, 11) is -4.59. The van der Waals surface area contributed by atoms with Crippen LogP contribution >= 0.6 is 0 Å². The number of nitro benzene ring substituents is 1. The van der Waals surface area contributed by atoms with Crippen molar-refractivity contribution in [2.24, 2.45) is 11.7 Å². The van der Waals surface area contributed by atoms with E-state index in [-0.39, 0.29) is 17.0 Å². The molecule has 11 nitrogen and oxygen atoms in total. The molecule has 1 atom stereocenters. The Kier molecular flexibility index (Phi) is 9.20. The minimum atomic E-state index is -4.59. The Morgan fingerprint density at radius 2 is 1.47 bits per heavy atom. The van der Waals surface area contributed by atoms with Gasteiger partial charge in [0.05, 0.1) is 15.5 Å². The lowest BCUT2D eigenvalue weighted by molar-refractivity contribution is -0.385. The lowest BCUT2D eigenvalue weighted by atomic mass is 9.97. The van der Waals surface area contributed by atoms with Gasteiger partial charge >= 0.3 is 0 Å². The highest BCUT2D eigenvalue weighted by Crippen LogP contribution is 2.31. The fourth-order valence-corrected chi connectivity index (χ4v) is 6.23. The molecule has 0 aliphatic carbocycles. The van der Waals surface area contributed by atoms with E-state index in [0.29, 0.717) is 28.3 Å². The van der Waals surface area contributed by atoms with Gasteiger partial charge in [-0.2, -0.15) is 4.31 Å². The SMILES string of the molecule is CCN(CC)C(=O)C(Cc1ccc(N(C(=O)c2ccccc2[N+](=O)[O-])S(=O)(=O)c2ccc3ccccc3c2)cc1)C(N)=O. The number of amides is 3. The molecule has 43 heavy (non-hydrogen) atoms. The van der Waals surface area contributed by atoms with Crippen LogP contribution < -0.4 is 10.0 Å². The first kappa shape index (κ1) is 30.8. The number of fused-ring (bicyclic) bond motifs is 1. The number of carbonyl (C=O) groups is 3. The smallest absolute Gasteiger partial charge is 0.282 e. The second-order valence-corrected chi connectivity index (χ2v) is 11.5. The topological polar surface area (TPSA) is 161 Å². The summed E-state index contributed by atoms with van der Waals surface area (Å²) in [6.07, 6.45) is -0.0412. The first-order valence-corrected chi connectivity index (χ1v) is 14.9. The van der Waals surface area contributed by atoms with Gasteiger partial charge in [-0.25, -0.2) is 8.42 Å². The number of anilines is 1. The van der Waals surface area contributed by atoms with Gasteiger partial charge in [-0.05, 0) is 66.9 Å². The van der Waals surface area contributed by atoms with Gasteiger partial charge in [0.15, 0.2) is 0 Å². The van der Waals surface area contributed by atoms with Gasteiger partial charge in [0.25, 0.3) is 21.6 Å². The molecule has 4 aromatic rings. The maximum absolute atomic E-state index is 14.1. The summed E-state index contributed by atoms with van der Waals surface area (Å²) in [6.45, 7) is 4.36. The number of hydrogen-bond donors (Lipinski definition) is 1. The van der Waals surface area contributed by atoms with E-state index in [1.807, 2.05) is 6.07 Å². The molecule has 12 heteroatoms. The standard InChI is InChI=1S/C31H30N4O7S/c1-3-33(4-2)30(37)27(29(32)36)19-21-13-16-24(17-14-21)34(31(38)26-11-7-8-12-28(26)35(39)40)43(41,42)25-18-15-22-9-5-6-10-23(22)20-25/h5-18,20,27H,3-4,19H2,1-2H3,(H2,32,36). The van der Waals surface area contributed by atoms with E-state index in [9.17, 15) is 32.9 Å². The van der Waals surface area contributed by atoms with Gasteiger partial charge < -0.3 is 10.6 Å². The first-order valence-electron chi connectivity index (χ1n) is 13.5. The number of nitro groups is 1. The van der Waals surface area contributed by atoms with E-state index in [1.165, 1.54) is 59.5 Å². The highest BCUT2D eigenvalue weighted by Gasteiger charge is 2.35. The molecule has 0 saturated carbocycles. The Balaban J connectivity index is 1.80. The van der Waals surface area contributed by atoms with Crippen molar-refractivity contribution in [3.8, 4) is 0 Å². The fraction of sp³-hybridized carbons (Fsp3) is 0.194. The van der Waals surface area contributed by atoms with Gasteiger partial charge in [-0.1, -0.05) is 54.6 Å². The summed E-state index contributed by atoms with van der Waals surface area (Å²) in [5, 5.41) is 13.1. The van der Waals surface area contributed by atoms with Gasteiger partial charge in [0.2, 0.25) is 11.8 Å². The van der Waals surface area contributed by atoms with Crippen molar-refractivity contribution in [2.75, 3.05) is 17.4 Å². The van der Waals surface area contributed by atoms with Crippen molar-refractivity contribution >= 4 is 49.9 Å². The van der Waals surface area contributed by atoms with E-state index < -0.39 is 49.8 Å². The Labute approximate surface area is 248 Å². The zero-order chi connectivity index (χ0) is 31.3. The highest BCUT2D eigenvalue weighted by atomic mass is 32.2. The monoisotopic (exact) mass is 602 g/mol. The molecule has 0 aliphatic rings. The van der Waals surface area contributed by atoms with Crippen molar-refractivity contribution in [3.05, 3.63) is 112 Å². The molecule has 2 N–H and O–H groups in total. The average molecular weight is 603 g/mol. The third kappa shape index (κ3) is 6.38. The second kappa shape index (κ2) is 12.8. The number of sulfonamides is 1. The van der Waals surface area contributed by atoms with Crippen LogP contribution in [0.25, 0.3) is 10.8 Å². The van der Waals surface area contributed by atoms with Crippen LogP contribution in [0, 0.1) is 16.0 Å². The van der Waals surface area contributed by atoms with Crippen molar-refractivity contribution in [3.63, 3.8) is 0 Å². The fourth-order valence-electron chi connectivity index (χ4n) is 4.79. The Bertz CT molecular complexity index is 1800. The van der Waals surface area contributed by atoms with Crippen molar-refractivity contribution in [1.29, 1.82) is 0 Å². The zero-order valence-electron chi connectivity index (χ0n) is 23.5. The third-order valence-electron chi connectivity index (χ3n) is 7.10. The molecule has 0 spiro atoms. The van der Waals surface area contributed by atoms with Crippen LogP contribution in [0.1, 0.15) is 29.8 Å². The molecule has 0 bridgehead atoms. The summed E-state index contributed by atoms with van der Waals surface area (Å²) in [5.41, 5.74) is 4.97. The van der Waals surface area contributed by atoms with Gasteiger partial charge in [0.1, 0.15) is 11.5 Å². The van der Waals surface area contributed by atoms with E-state index in [1.54, 1.807) is 38.1 Å². The van der Waals surface area contributed by atoms with E-state index in [0.717, 1.165) is 11.5 Å². The molecule has 0 fully saturated rings. The lowest BCUT2D eigenvalue weighted by Crippen LogP contribution is -2.42. The minimum absolute atomic E-state index is 0.0412. The van der Waals surface area contributed by atoms with Crippen LogP contribution in [-0.2, 0) is 26.0 Å². The molecule has 4 rings (SSSR count). The average Bonchev–Trinajstić information content (AvgIpc) is 3.00. The number of carbonyl (C=O) groups excluding carboxylic acids is 3. The molecular formula is C31H30N4O7S. The van der Waals surface area contributed by atoms with E-state index in [2.05, 4.69) is 0 Å².